The van der Waals surface area contributed by atoms with Crippen LogP contribution in [0.15, 0.2) is 17.1 Å². The third kappa shape index (κ3) is 5.42. The van der Waals surface area contributed by atoms with Gasteiger partial charge in [-0.1, -0.05) is 13.3 Å². The quantitative estimate of drug-likeness (QED) is 0.724. The lowest BCUT2D eigenvalue weighted by molar-refractivity contribution is 0.467. The first-order chi connectivity index (χ1) is 9.04. The van der Waals surface area contributed by atoms with Crippen LogP contribution in [-0.4, -0.2) is 36.5 Å². The van der Waals surface area contributed by atoms with E-state index < -0.39 is 0 Å². The van der Waals surface area contributed by atoms with Crippen molar-refractivity contribution in [1.29, 1.82) is 0 Å². The van der Waals surface area contributed by atoms with Gasteiger partial charge in [-0.2, -0.15) is 5.10 Å². The Morgan fingerprint density at radius 2 is 2.16 bits per heavy atom. The van der Waals surface area contributed by atoms with E-state index in [1.807, 2.05) is 19.0 Å². The van der Waals surface area contributed by atoms with Crippen LogP contribution in [0, 0.1) is 0 Å². The molecular weight excluding hydrogens is 240 g/mol. The van der Waals surface area contributed by atoms with Gasteiger partial charge in [-0.15, -0.1) is 0 Å². The summed E-state index contributed by atoms with van der Waals surface area (Å²) in [4.78, 5) is 13.7. The summed E-state index contributed by atoms with van der Waals surface area (Å²) in [7, 11) is 3.81. The molecular formula is C14H26N4O. The number of nitrogens with zero attached hydrogens (tertiary/aromatic N) is 3. The summed E-state index contributed by atoms with van der Waals surface area (Å²) >= 11 is 0. The zero-order valence-corrected chi connectivity index (χ0v) is 12.5. The Kier molecular flexibility index (Phi) is 6.56. The van der Waals surface area contributed by atoms with Gasteiger partial charge in [0.15, 0.2) is 0 Å². The molecule has 0 saturated carbocycles. The van der Waals surface area contributed by atoms with Crippen LogP contribution in [0.3, 0.4) is 0 Å². The molecule has 0 spiro atoms. The van der Waals surface area contributed by atoms with E-state index in [0.29, 0.717) is 12.6 Å². The van der Waals surface area contributed by atoms with E-state index in [9.17, 15) is 4.79 Å². The summed E-state index contributed by atoms with van der Waals surface area (Å²) in [6.07, 6.45) is 4.97. The summed E-state index contributed by atoms with van der Waals surface area (Å²) in [6, 6.07) is 2.18. The van der Waals surface area contributed by atoms with Crippen molar-refractivity contribution in [2.24, 2.45) is 0 Å². The van der Waals surface area contributed by atoms with Gasteiger partial charge in [0, 0.05) is 32.7 Å². The van der Waals surface area contributed by atoms with Crippen LogP contribution in [0.1, 0.15) is 33.1 Å². The SMILES string of the molecule is CCNC(C)CCCCn1ncc(N(C)C)cc1=O. The van der Waals surface area contributed by atoms with Crippen LogP contribution in [-0.2, 0) is 6.54 Å². The van der Waals surface area contributed by atoms with Crippen molar-refractivity contribution in [2.75, 3.05) is 25.5 Å². The number of unbranched alkanes of at least 4 members (excludes halogenated alkanes) is 1. The lowest BCUT2D eigenvalue weighted by Crippen LogP contribution is -2.26. The fourth-order valence-electron chi connectivity index (χ4n) is 2.00. The molecule has 0 aliphatic heterocycles. The number of aryl methyl sites for hydroxylation is 1. The maximum absolute atomic E-state index is 11.8. The predicted molar refractivity (Wildman–Crippen MR) is 79.8 cm³/mol. The van der Waals surface area contributed by atoms with Crippen LogP contribution in [0.4, 0.5) is 5.69 Å². The number of rotatable bonds is 8. The predicted octanol–water partition coefficient (Wildman–Crippen LogP) is 1.48. The maximum atomic E-state index is 11.8. The molecule has 0 aliphatic rings. The molecule has 1 heterocycles. The van der Waals surface area contributed by atoms with Gasteiger partial charge < -0.3 is 10.2 Å². The Morgan fingerprint density at radius 1 is 1.42 bits per heavy atom. The fraction of sp³-hybridized carbons (Fsp3) is 0.714. The zero-order chi connectivity index (χ0) is 14.3. The Bertz CT molecular complexity index is 428. The molecule has 1 unspecified atom stereocenters. The van der Waals surface area contributed by atoms with Crippen molar-refractivity contribution in [3.63, 3.8) is 0 Å². The van der Waals surface area contributed by atoms with E-state index in [0.717, 1.165) is 31.5 Å². The lowest BCUT2D eigenvalue weighted by atomic mass is 10.1. The van der Waals surface area contributed by atoms with Crippen molar-refractivity contribution >= 4 is 5.69 Å². The summed E-state index contributed by atoms with van der Waals surface area (Å²) in [6.45, 7) is 6.02. The van der Waals surface area contributed by atoms with Gasteiger partial charge in [0.05, 0.1) is 11.9 Å². The van der Waals surface area contributed by atoms with Gasteiger partial charge >= 0.3 is 0 Å². The van der Waals surface area contributed by atoms with Gasteiger partial charge in [-0.3, -0.25) is 4.79 Å². The first-order valence-corrected chi connectivity index (χ1v) is 7.02. The summed E-state index contributed by atoms with van der Waals surface area (Å²) in [5, 5.41) is 7.59. The van der Waals surface area contributed by atoms with Gasteiger partial charge in [0.2, 0.25) is 0 Å². The van der Waals surface area contributed by atoms with Gasteiger partial charge in [-0.25, -0.2) is 4.68 Å². The van der Waals surface area contributed by atoms with Crippen LogP contribution >= 0.6 is 0 Å². The van der Waals surface area contributed by atoms with Crippen molar-refractivity contribution in [3.8, 4) is 0 Å². The van der Waals surface area contributed by atoms with E-state index >= 15 is 0 Å². The van der Waals surface area contributed by atoms with Gasteiger partial charge in [0.1, 0.15) is 0 Å². The third-order valence-electron chi connectivity index (χ3n) is 3.18. The minimum absolute atomic E-state index is 0.0223. The first-order valence-electron chi connectivity index (χ1n) is 7.02. The van der Waals surface area contributed by atoms with Crippen molar-refractivity contribution < 1.29 is 0 Å². The molecule has 0 amide bonds. The van der Waals surface area contributed by atoms with Crippen LogP contribution in [0.25, 0.3) is 0 Å². The number of hydrogen-bond acceptors (Lipinski definition) is 4. The third-order valence-corrected chi connectivity index (χ3v) is 3.18. The van der Waals surface area contributed by atoms with E-state index in [-0.39, 0.29) is 5.56 Å². The second-order valence-electron chi connectivity index (χ2n) is 5.12. The summed E-state index contributed by atoms with van der Waals surface area (Å²) in [5.41, 5.74) is 0.827. The molecule has 0 fully saturated rings. The van der Waals surface area contributed by atoms with E-state index in [1.165, 1.54) is 0 Å². The Morgan fingerprint density at radius 3 is 2.74 bits per heavy atom. The highest BCUT2D eigenvalue weighted by molar-refractivity contribution is 5.40. The Labute approximate surface area is 115 Å². The second-order valence-corrected chi connectivity index (χ2v) is 5.12. The minimum atomic E-state index is -0.0223. The molecule has 0 bridgehead atoms. The standard InChI is InChI=1S/C14H26N4O/c1-5-15-12(2)8-6-7-9-18-14(19)10-13(11-16-18)17(3)4/h10-12,15H,5-9H2,1-4H3. The van der Waals surface area contributed by atoms with Crippen molar-refractivity contribution in [2.45, 2.75) is 45.7 Å². The highest BCUT2D eigenvalue weighted by Gasteiger charge is 2.03. The molecule has 0 aliphatic carbocycles. The highest BCUT2D eigenvalue weighted by Crippen LogP contribution is 2.05. The van der Waals surface area contributed by atoms with Gasteiger partial charge in [0.25, 0.3) is 5.56 Å². The molecule has 5 heteroatoms. The molecule has 1 N–H and O–H groups in total. The Hall–Kier alpha value is -1.36. The maximum Gasteiger partial charge on any atom is 0.268 e. The Balaban J connectivity index is 2.40. The molecule has 5 nitrogen and oxygen atoms in total. The minimum Gasteiger partial charge on any atom is -0.376 e. The highest BCUT2D eigenvalue weighted by atomic mass is 16.1. The van der Waals surface area contributed by atoms with Gasteiger partial charge in [-0.05, 0) is 26.3 Å². The average Bonchev–Trinajstić information content (AvgIpc) is 2.36. The lowest BCUT2D eigenvalue weighted by Gasteiger charge is -2.13. The zero-order valence-electron chi connectivity index (χ0n) is 12.5. The molecule has 1 atom stereocenters. The first kappa shape index (κ1) is 15.7. The monoisotopic (exact) mass is 266 g/mol. The molecule has 1 rings (SSSR count). The molecule has 19 heavy (non-hydrogen) atoms. The second kappa shape index (κ2) is 7.94. The molecule has 0 radical (unpaired) electrons. The number of hydrogen-bond donors (Lipinski definition) is 1. The van der Waals surface area contributed by atoms with Crippen LogP contribution in [0.5, 0.6) is 0 Å². The average molecular weight is 266 g/mol. The molecule has 1 aromatic heterocycles. The largest absolute Gasteiger partial charge is 0.376 e. The summed E-state index contributed by atoms with van der Waals surface area (Å²) < 4.78 is 1.55. The smallest absolute Gasteiger partial charge is 0.268 e. The van der Waals surface area contributed by atoms with Crippen molar-refractivity contribution in [3.05, 3.63) is 22.6 Å². The normalized spacial score (nSPS) is 12.4. The number of nitrogens with one attached hydrogen (secondary N) is 1. The molecule has 0 saturated heterocycles. The molecule has 1 aromatic rings. The van der Waals surface area contributed by atoms with Crippen LogP contribution < -0.4 is 15.8 Å². The molecule has 108 valence electrons. The number of anilines is 1. The van der Waals surface area contributed by atoms with E-state index in [2.05, 4.69) is 24.3 Å². The van der Waals surface area contributed by atoms with E-state index in [1.54, 1.807) is 16.9 Å². The van der Waals surface area contributed by atoms with Crippen LogP contribution in [0.2, 0.25) is 0 Å². The molecule has 0 aromatic carbocycles. The summed E-state index contributed by atoms with van der Waals surface area (Å²) in [5.74, 6) is 0. The van der Waals surface area contributed by atoms with Crippen molar-refractivity contribution in [1.82, 2.24) is 15.1 Å². The number of aromatic nitrogens is 2. The fourth-order valence-corrected chi connectivity index (χ4v) is 2.00. The topological polar surface area (TPSA) is 50.2 Å². The van der Waals surface area contributed by atoms with E-state index in [4.69, 9.17) is 0 Å².